The highest BCUT2D eigenvalue weighted by Gasteiger charge is 2.29. The van der Waals surface area contributed by atoms with Crippen LogP contribution < -0.4 is 15.5 Å². The summed E-state index contributed by atoms with van der Waals surface area (Å²) in [6.45, 7) is 1.56. The standard InChI is InChI=1S/C21H16F4N2O4S/c1-9-7-12(20(28)27-31-3)19(32-9)21(29)26-18-16(24)14(22)13(15(23)17(18)25)10-5-4-6-11(8-10)30-2/h4-8H,1-3H3,(H,26,29)(H,27,28)/i2D3. The van der Waals surface area contributed by atoms with Crippen molar-refractivity contribution in [3.05, 3.63) is 68.9 Å². The van der Waals surface area contributed by atoms with Gasteiger partial charge in [-0.25, -0.2) is 23.0 Å². The Balaban J connectivity index is 2.02. The highest BCUT2D eigenvalue weighted by Crippen LogP contribution is 2.36. The summed E-state index contributed by atoms with van der Waals surface area (Å²) in [5.74, 6) is -9.85. The molecule has 0 aliphatic carbocycles. The molecule has 0 saturated heterocycles. The number of carbonyl (C=O) groups excluding carboxylic acids is 2. The molecule has 2 amide bonds. The molecule has 1 heterocycles. The van der Waals surface area contributed by atoms with Crippen molar-refractivity contribution < 1.29 is 40.8 Å². The number of thiophene rings is 1. The average molecular weight is 471 g/mol. The van der Waals surface area contributed by atoms with E-state index in [0.717, 1.165) is 30.6 Å². The number of anilines is 1. The first-order valence-corrected chi connectivity index (χ1v) is 9.56. The summed E-state index contributed by atoms with van der Waals surface area (Å²) in [5, 5.41) is 1.77. The molecule has 3 aromatic rings. The van der Waals surface area contributed by atoms with E-state index in [1.165, 1.54) is 18.2 Å². The molecule has 32 heavy (non-hydrogen) atoms. The summed E-state index contributed by atoms with van der Waals surface area (Å²) in [7, 11) is -1.72. The first kappa shape index (κ1) is 19.3. The van der Waals surface area contributed by atoms with Crippen molar-refractivity contribution in [1.82, 2.24) is 5.48 Å². The molecule has 0 atom stereocenters. The first-order chi connectivity index (χ1) is 16.3. The summed E-state index contributed by atoms with van der Waals surface area (Å²) in [5.41, 5.74) is -1.15. The number of carbonyl (C=O) groups is 2. The molecule has 0 bridgehead atoms. The van der Waals surface area contributed by atoms with E-state index in [2.05, 4.69) is 9.57 Å². The van der Waals surface area contributed by atoms with Crippen LogP contribution in [0.5, 0.6) is 5.75 Å². The SMILES string of the molecule is [2H]C([2H])([2H])Oc1cccc(-c2c(F)c(F)c(NC(=O)c3sc(C)cc3C(=O)NOC)c(F)c2F)c1. The van der Waals surface area contributed by atoms with Crippen LogP contribution in [-0.2, 0) is 4.84 Å². The van der Waals surface area contributed by atoms with Gasteiger partial charge in [-0.2, -0.15) is 0 Å². The second-order valence-corrected chi connectivity index (χ2v) is 7.58. The van der Waals surface area contributed by atoms with Crippen molar-refractivity contribution in [3.8, 4) is 16.9 Å². The van der Waals surface area contributed by atoms with E-state index in [1.807, 2.05) is 5.48 Å². The van der Waals surface area contributed by atoms with Gasteiger partial charge in [0.25, 0.3) is 11.8 Å². The normalized spacial score (nSPS) is 12.5. The molecule has 0 saturated carbocycles. The fourth-order valence-electron chi connectivity index (χ4n) is 2.88. The van der Waals surface area contributed by atoms with Crippen molar-refractivity contribution in [2.24, 2.45) is 0 Å². The maximum Gasteiger partial charge on any atom is 0.276 e. The number of hydrogen-bond donors (Lipinski definition) is 2. The van der Waals surface area contributed by atoms with Crippen LogP contribution in [0.4, 0.5) is 23.2 Å². The van der Waals surface area contributed by atoms with Crippen molar-refractivity contribution in [3.63, 3.8) is 0 Å². The molecule has 2 aromatic carbocycles. The van der Waals surface area contributed by atoms with Gasteiger partial charge in [0, 0.05) is 4.88 Å². The van der Waals surface area contributed by atoms with Crippen LogP contribution in [0.25, 0.3) is 11.1 Å². The molecule has 0 radical (unpaired) electrons. The Hall–Kier alpha value is -3.44. The molecule has 0 aliphatic heterocycles. The van der Waals surface area contributed by atoms with Gasteiger partial charge in [-0.05, 0) is 30.7 Å². The van der Waals surface area contributed by atoms with Crippen molar-refractivity contribution in [1.29, 1.82) is 0 Å². The lowest BCUT2D eigenvalue weighted by atomic mass is 10.0. The van der Waals surface area contributed by atoms with Crippen LogP contribution in [0.15, 0.2) is 30.3 Å². The number of ether oxygens (including phenoxy) is 1. The molecule has 0 unspecified atom stereocenters. The van der Waals surface area contributed by atoms with Crippen LogP contribution in [0.1, 0.15) is 29.0 Å². The Morgan fingerprint density at radius 3 is 2.34 bits per heavy atom. The van der Waals surface area contributed by atoms with Crippen molar-refractivity contribution in [2.45, 2.75) is 6.92 Å². The minimum atomic E-state index is -2.88. The highest BCUT2D eigenvalue weighted by atomic mass is 32.1. The minimum Gasteiger partial charge on any atom is -0.497 e. The lowest BCUT2D eigenvalue weighted by Crippen LogP contribution is -2.24. The molecular formula is C21H16F4N2O4S. The van der Waals surface area contributed by atoms with Gasteiger partial charge in [0.15, 0.2) is 23.3 Å². The Labute approximate surface area is 187 Å². The van der Waals surface area contributed by atoms with Crippen LogP contribution in [-0.4, -0.2) is 26.0 Å². The molecule has 168 valence electrons. The fraction of sp³-hybridized carbons (Fsp3) is 0.143. The number of rotatable bonds is 6. The van der Waals surface area contributed by atoms with Crippen molar-refractivity contribution >= 4 is 28.8 Å². The molecule has 1 aromatic heterocycles. The average Bonchev–Trinajstić information content (AvgIpc) is 3.17. The Morgan fingerprint density at radius 2 is 1.72 bits per heavy atom. The van der Waals surface area contributed by atoms with Gasteiger partial charge in [0.2, 0.25) is 0 Å². The largest absolute Gasteiger partial charge is 0.497 e. The van der Waals surface area contributed by atoms with Gasteiger partial charge < -0.3 is 10.1 Å². The topological polar surface area (TPSA) is 76.7 Å². The zero-order valence-electron chi connectivity index (χ0n) is 19.4. The molecule has 3 rings (SSSR count). The number of halogens is 4. The predicted octanol–water partition coefficient (Wildman–Crippen LogP) is 4.83. The summed E-state index contributed by atoms with van der Waals surface area (Å²) >= 11 is 0.801. The second-order valence-electron chi connectivity index (χ2n) is 6.33. The maximum atomic E-state index is 14.9. The molecule has 0 aliphatic rings. The number of hydroxylamine groups is 1. The van der Waals surface area contributed by atoms with Gasteiger partial charge in [-0.15, -0.1) is 11.3 Å². The van der Waals surface area contributed by atoms with Crippen LogP contribution in [0.2, 0.25) is 0 Å². The zero-order valence-corrected chi connectivity index (χ0v) is 17.3. The smallest absolute Gasteiger partial charge is 0.276 e. The summed E-state index contributed by atoms with van der Waals surface area (Å²) < 4.78 is 85.3. The van der Waals surface area contributed by atoms with Gasteiger partial charge in [-0.1, -0.05) is 12.1 Å². The molecule has 2 N–H and O–H groups in total. The molecular weight excluding hydrogens is 452 g/mol. The zero-order chi connectivity index (χ0) is 26.1. The van der Waals surface area contributed by atoms with Crippen LogP contribution in [0.3, 0.4) is 0 Å². The van der Waals surface area contributed by atoms with E-state index in [-0.39, 0.29) is 16.2 Å². The summed E-state index contributed by atoms with van der Waals surface area (Å²) in [6.07, 6.45) is 0. The summed E-state index contributed by atoms with van der Waals surface area (Å²) in [6, 6.07) is 5.64. The first-order valence-electron chi connectivity index (χ1n) is 10.2. The third-order valence-electron chi connectivity index (χ3n) is 4.24. The fourth-order valence-corrected chi connectivity index (χ4v) is 3.78. The maximum absolute atomic E-state index is 14.9. The lowest BCUT2D eigenvalue weighted by molar-refractivity contribution is 0.0536. The van der Waals surface area contributed by atoms with E-state index in [4.69, 9.17) is 4.11 Å². The summed E-state index contributed by atoms with van der Waals surface area (Å²) in [4.78, 5) is 29.4. The molecule has 0 spiro atoms. The second kappa shape index (κ2) is 9.37. The quantitative estimate of drug-likeness (QED) is 0.307. The monoisotopic (exact) mass is 471 g/mol. The van der Waals surface area contributed by atoms with E-state index in [9.17, 15) is 27.2 Å². The number of hydrogen-bond acceptors (Lipinski definition) is 5. The van der Waals surface area contributed by atoms with Crippen LogP contribution in [0, 0.1) is 30.2 Å². The van der Waals surface area contributed by atoms with Crippen LogP contribution >= 0.6 is 11.3 Å². The molecule has 0 fully saturated rings. The highest BCUT2D eigenvalue weighted by molar-refractivity contribution is 7.14. The number of nitrogens with one attached hydrogen (secondary N) is 2. The number of methoxy groups -OCH3 is 1. The van der Waals surface area contributed by atoms with E-state index < -0.39 is 58.9 Å². The van der Waals surface area contributed by atoms with E-state index in [0.29, 0.717) is 4.88 Å². The Bertz CT molecular complexity index is 1290. The number of aryl methyl sites for hydroxylation is 1. The van der Waals surface area contributed by atoms with Crippen molar-refractivity contribution in [2.75, 3.05) is 19.5 Å². The predicted molar refractivity (Wildman–Crippen MR) is 110 cm³/mol. The van der Waals surface area contributed by atoms with Gasteiger partial charge in [-0.3, -0.25) is 14.4 Å². The lowest BCUT2D eigenvalue weighted by Gasteiger charge is -2.14. The van der Waals surface area contributed by atoms with Gasteiger partial charge in [0.1, 0.15) is 16.3 Å². The Morgan fingerprint density at radius 1 is 1.03 bits per heavy atom. The molecule has 11 heteroatoms. The minimum absolute atomic E-state index is 0.184. The van der Waals surface area contributed by atoms with E-state index >= 15 is 0 Å². The third-order valence-corrected chi connectivity index (χ3v) is 5.29. The molecule has 6 nitrogen and oxygen atoms in total. The third kappa shape index (κ3) is 4.30. The number of amides is 2. The Kier molecular flexibility index (Phi) is 5.64. The van der Waals surface area contributed by atoms with E-state index in [1.54, 1.807) is 12.2 Å². The number of benzene rings is 2. The van der Waals surface area contributed by atoms with Gasteiger partial charge in [0.05, 0.1) is 29.4 Å². The van der Waals surface area contributed by atoms with Gasteiger partial charge >= 0.3 is 0 Å².